The second-order valence-corrected chi connectivity index (χ2v) is 10.9. The van der Waals surface area contributed by atoms with Crippen molar-refractivity contribution in [1.82, 2.24) is 0 Å². The molecule has 3 fully saturated rings. The summed E-state index contributed by atoms with van der Waals surface area (Å²) >= 11 is 0. The molecule has 0 saturated carbocycles. The molecule has 19 atom stereocenters. The van der Waals surface area contributed by atoms with Gasteiger partial charge in [-0.2, -0.15) is 0 Å². The maximum absolute atomic E-state index is 10.9. The molecule has 0 aromatic heterocycles. The molecule has 0 aromatic carbocycles. The van der Waals surface area contributed by atoms with Gasteiger partial charge in [0.25, 0.3) is 0 Å². The summed E-state index contributed by atoms with van der Waals surface area (Å²) in [7, 11) is 0. The van der Waals surface area contributed by atoms with Gasteiger partial charge in [-0.25, -0.2) is 0 Å². The Morgan fingerprint density at radius 2 is 0.889 bits per heavy atom. The van der Waals surface area contributed by atoms with Crippen LogP contribution in [0.2, 0.25) is 0 Å². The van der Waals surface area contributed by atoms with E-state index in [1.54, 1.807) is 0 Å². The van der Waals surface area contributed by atoms with Crippen LogP contribution in [0, 0.1) is 0 Å². The molecule has 3 aliphatic rings. The molecule has 0 radical (unpaired) electrons. The Kier molecular flexibility index (Phi) is 14.6. The lowest BCUT2D eigenvalue weighted by Crippen LogP contribution is -2.67. The van der Waals surface area contributed by atoms with Crippen LogP contribution in [0.5, 0.6) is 0 Å². The number of aliphatic hydroxyl groups is 15. The van der Waals surface area contributed by atoms with Gasteiger partial charge in [0.15, 0.2) is 18.9 Å². The van der Waals surface area contributed by atoms with Crippen LogP contribution in [-0.2, 0) is 28.4 Å². The van der Waals surface area contributed by atoms with Gasteiger partial charge in [0.2, 0.25) is 0 Å². The van der Waals surface area contributed by atoms with Gasteiger partial charge in [0.05, 0.1) is 33.0 Å². The van der Waals surface area contributed by atoms with E-state index >= 15 is 0 Å². The average Bonchev–Trinajstić information content (AvgIpc) is 3.04. The van der Waals surface area contributed by atoms with Crippen molar-refractivity contribution in [3.8, 4) is 0 Å². The molecule has 0 spiro atoms. The fourth-order valence-electron chi connectivity index (χ4n) is 5.07. The van der Waals surface area contributed by atoms with Crippen LogP contribution >= 0.6 is 0 Å². The maximum Gasteiger partial charge on any atom is 0.187 e. The SMILES string of the molecule is OC[C@@H](O)[C@@H](O)[C@H](O)[C@@H](CO)O[C@H]1O[C@H](CO)[C@@H](O)[C@H](O)[C@@H]1O[C@H]1O[C@H](CO)[C@H](O)[C@H](O)[C@H]1O[C@H]1O[C@H](CO)[C@H](O)[C@H](O)[C@H]1O. The zero-order valence-electron chi connectivity index (χ0n) is 23.7. The molecule has 45 heavy (non-hydrogen) atoms. The first-order valence-electron chi connectivity index (χ1n) is 14.0. The predicted octanol–water partition coefficient (Wildman–Crippen LogP) is -10.1. The molecule has 0 aromatic rings. The third-order valence-electron chi connectivity index (χ3n) is 7.88. The highest BCUT2D eigenvalue weighted by molar-refractivity contribution is 4.96. The monoisotopic (exact) mass is 668 g/mol. The van der Waals surface area contributed by atoms with Crippen molar-refractivity contribution >= 4 is 0 Å². The number of rotatable bonds is 14. The average molecular weight is 669 g/mol. The molecule has 15 N–H and O–H groups in total. The highest BCUT2D eigenvalue weighted by Gasteiger charge is 2.54. The minimum Gasteiger partial charge on any atom is -0.394 e. The topological polar surface area (TPSA) is 359 Å². The van der Waals surface area contributed by atoms with Gasteiger partial charge >= 0.3 is 0 Å². The van der Waals surface area contributed by atoms with E-state index < -0.39 is 150 Å². The van der Waals surface area contributed by atoms with Crippen molar-refractivity contribution in [3.05, 3.63) is 0 Å². The van der Waals surface area contributed by atoms with Gasteiger partial charge in [-0.05, 0) is 0 Å². The van der Waals surface area contributed by atoms with Crippen molar-refractivity contribution in [2.75, 3.05) is 33.0 Å². The van der Waals surface area contributed by atoms with Crippen LogP contribution in [0.25, 0.3) is 0 Å². The van der Waals surface area contributed by atoms with Crippen LogP contribution in [0.1, 0.15) is 0 Å². The molecule has 0 unspecified atom stereocenters. The normalized spacial score (nSPS) is 45.5. The number of aliphatic hydroxyl groups excluding tert-OH is 15. The quantitative estimate of drug-likeness (QED) is 0.0816. The molecule has 3 aliphatic heterocycles. The molecule has 21 heteroatoms. The number of hydrogen-bond donors (Lipinski definition) is 15. The first kappa shape index (κ1) is 38.6. The zero-order valence-corrected chi connectivity index (χ0v) is 23.7. The Morgan fingerprint density at radius 3 is 1.36 bits per heavy atom. The maximum atomic E-state index is 10.9. The summed E-state index contributed by atoms with van der Waals surface area (Å²) < 4.78 is 33.0. The van der Waals surface area contributed by atoms with Gasteiger partial charge in [0.1, 0.15) is 97.7 Å². The van der Waals surface area contributed by atoms with E-state index in [0.717, 1.165) is 0 Å². The molecule has 0 aliphatic carbocycles. The fourth-order valence-corrected chi connectivity index (χ4v) is 5.07. The molecular formula is C24H44O21. The molecule has 0 amide bonds. The smallest absolute Gasteiger partial charge is 0.187 e. The Balaban J connectivity index is 1.92. The number of hydrogen-bond acceptors (Lipinski definition) is 21. The molecule has 266 valence electrons. The van der Waals surface area contributed by atoms with Crippen LogP contribution in [0.3, 0.4) is 0 Å². The van der Waals surface area contributed by atoms with Crippen molar-refractivity contribution < 1.29 is 105 Å². The van der Waals surface area contributed by atoms with Crippen molar-refractivity contribution in [2.24, 2.45) is 0 Å². The lowest BCUT2D eigenvalue weighted by atomic mass is 9.96. The summed E-state index contributed by atoms with van der Waals surface area (Å²) in [5.41, 5.74) is 0. The highest BCUT2D eigenvalue weighted by Crippen LogP contribution is 2.33. The third kappa shape index (κ3) is 8.43. The molecule has 0 bridgehead atoms. The second kappa shape index (κ2) is 17.0. The number of ether oxygens (including phenoxy) is 6. The molecular weight excluding hydrogens is 624 g/mol. The highest BCUT2D eigenvalue weighted by atomic mass is 16.8. The first-order chi connectivity index (χ1) is 21.2. The summed E-state index contributed by atoms with van der Waals surface area (Å²) in [6.45, 7) is -4.71. The van der Waals surface area contributed by atoms with Gasteiger partial charge < -0.3 is 105 Å². The minimum absolute atomic E-state index is 0.847. The second-order valence-electron chi connectivity index (χ2n) is 10.9. The van der Waals surface area contributed by atoms with Crippen LogP contribution in [0.15, 0.2) is 0 Å². The molecule has 3 heterocycles. The van der Waals surface area contributed by atoms with Gasteiger partial charge in [0, 0.05) is 0 Å². The van der Waals surface area contributed by atoms with Crippen molar-refractivity contribution in [3.63, 3.8) is 0 Å². The molecule has 3 saturated heterocycles. The van der Waals surface area contributed by atoms with E-state index in [0.29, 0.717) is 0 Å². The Bertz CT molecular complexity index is 871. The molecule has 21 nitrogen and oxygen atoms in total. The van der Waals surface area contributed by atoms with Crippen molar-refractivity contribution in [1.29, 1.82) is 0 Å². The van der Waals surface area contributed by atoms with E-state index in [1.807, 2.05) is 0 Å². The Labute approximate surface area is 255 Å². The van der Waals surface area contributed by atoms with Crippen LogP contribution < -0.4 is 0 Å². The Hall–Kier alpha value is -0.840. The van der Waals surface area contributed by atoms with E-state index in [2.05, 4.69) is 0 Å². The van der Waals surface area contributed by atoms with Gasteiger partial charge in [-0.3, -0.25) is 0 Å². The molecule has 3 rings (SSSR count). The first-order valence-corrected chi connectivity index (χ1v) is 14.0. The van der Waals surface area contributed by atoms with Crippen LogP contribution in [-0.4, -0.2) is 226 Å². The van der Waals surface area contributed by atoms with E-state index in [9.17, 15) is 71.5 Å². The van der Waals surface area contributed by atoms with E-state index in [-0.39, 0.29) is 0 Å². The van der Waals surface area contributed by atoms with Crippen molar-refractivity contribution in [2.45, 2.75) is 117 Å². The lowest BCUT2D eigenvalue weighted by molar-refractivity contribution is -0.397. The zero-order chi connectivity index (χ0) is 33.7. The van der Waals surface area contributed by atoms with Crippen LogP contribution in [0.4, 0.5) is 0 Å². The largest absolute Gasteiger partial charge is 0.394 e. The summed E-state index contributed by atoms with van der Waals surface area (Å²) in [5.74, 6) is 0. The Morgan fingerprint density at radius 1 is 0.467 bits per heavy atom. The van der Waals surface area contributed by atoms with Gasteiger partial charge in [-0.15, -0.1) is 0 Å². The van der Waals surface area contributed by atoms with Gasteiger partial charge in [-0.1, -0.05) is 0 Å². The third-order valence-corrected chi connectivity index (χ3v) is 7.88. The minimum atomic E-state index is -2.10. The van der Waals surface area contributed by atoms with E-state index in [4.69, 9.17) is 33.5 Å². The summed E-state index contributed by atoms with van der Waals surface area (Å²) in [4.78, 5) is 0. The fraction of sp³-hybridized carbons (Fsp3) is 1.00. The summed E-state index contributed by atoms with van der Waals surface area (Å²) in [6, 6.07) is 0. The summed E-state index contributed by atoms with van der Waals surface area (Å²) in [6.07, 6.45) is -35.7. The van der Waals surface area contributed by atoms with E-state index in [1.165, 1.54) is 0 Å². The summed E-state index contributed by atoms with van der Waals surface area (Å²) in [5, 5.41) is 151. The standard InChI is InChI=1S/C24H44O21/c25-1-6(30)11(31)12(32)7(2-26)41-23-20(17(37)14(34)9(4-28)42-23)45-24-21(18(38)15(35)10(5-29)43-24)44-22-19(39)16(36)13(33)8(3-27)40-22/h6-39H,1-5H2/t6-,7-,8-,9-,10-,11-,12-,13+,14-,15+,16+,17+,18+,19-,20+,21-,22-,23+,24-/m1/s1. The predicted molar refractivity (Wildman–Crippen MR) is 136 cm³/mol. The lowest BCUT2D eigenvalue weighted by Gasteiger charge is -2.48.